The molecular formula is C16H20N2O3. The highest BCUT2D eigenvalue weighted by atomic mass is 16.5. The average Bonchev–Trinajstić information content (AvgIpc) is 2.93. The third-order valence-electron chi connectivity index (χ3n) is 3.80. The number of carboxylic acid groups (broad SMARTS) is 1. The van der Waals surface area contributed by atoms with Gasteiger partial charge in [-0.15, -0.1) is 0 Å². The summed E-state index contributed by atoms with van der Waals surface area (Å²) in [6.45, 7) is 6.17. The summed E-state index contributed by atoms with van der Waals surface area (Å²) in [6.07, 6.45) is 0.876. The summed E-state index contributed by atoms with van der Waals surface area (Å²) in [5.41, 5.74) is 1.42. The van der Waals surface area contributed by atoms with Crippen LogP contribution < -0.4 is 4.74 Å². The molecule has 0 aliphatic rings. The number of aromatic nitrogens is 2. The molecule has 21 heavy (non-hydrogen) atoms. The molecule has 0 saturated carbocycles. The summed E-state index contributed by atoms with van der Waals surface area (Å²) in [5.74, 6) is -0.334. The maximum Gasteiger partial charge on any atom is 0.354 e. The third-order valence-corrected chi connectivity index (χ3v) is 3.80. The summed E-state index contributed by atoms with van der Waals surface area (Å²) < 4.78 is 6.64. The van der Waals surface area contributed by atoms with Crippen LogP contribution in [0.1, 0.15) is 43.4 Å². The standard InChI is InChI=1S/C16H20N2O3/c1-5-16(2,3)14-10-13(15(19)20)18(17-14)11-7-6-8-12(9-11)21-4/h6-10H,5H2,1-4H3,(H,19,20). The lowest BCUT2D eigenvalue weighted by atomic mass is 9.86. The quantitative estimate of drug-likeness (QED) is 0.917. The molecule has 112 valence electrons. The van der Waals surface area contributed by atoms with Gasteiger partial charge < -0.3 is 9.84 Å². The third kappa shape index (κ3) is 2.91. The van der Waals surface area contributed by atoms with Crippen molar-refractivity contribution in [3.63, 3.8) is 0 Å². The summed E-state index contributed by atoms with van der Waals surface area (Å²) in [6, 6.07) is 8.84. The lowest BCUT2D eigenvalue weighted by Gasteiger charge is -2.19. The van der Waals surface area contributed by atoms with Gasteiger partial charge in [0.05, 0.1) is 18.5 Å². The fourth-order valence-electron chi connectivity index (χ4n) is 1.98. The van der Waals surface area contributed by atoms with E-state index in [0.29, 0.717) is 11.4 Å². The van der Waals surface area contributed by atoms with Gasteiger partial charge in [-0.25, -0.2) is 9.48 Å². The molecule has 5 heteroatoms. The Labute approximate surface area is 124 Å². The van der Waals surface area contributed by atoms with E-state index in [9.17, 15) is 9.90 Å². The molecule has 2 rings (SSSR count). The van der Waals surface area contributed by atoms with E-state index in [1.807, 2.05) is 18.2 Å². The van der Waals surface area contributed by atoms with Crippen molar-refractivity contribution in [3.05, 3.63) is 41.7 Å². The van der Waals surface area contributed by atoms with Crippen molar-refractivity contribution in [2.45, 2.75) is 32.6 Å². The molecule has 0 radical (unpaired) electrons. The molecule has 0 aliphatic heterocycles. The Morgan fingerprint density at radius 3 is 2.67 bits per heavy atom. The number of carboxylic acids is 1. The molecule has 1 heterocycles. The van der Waals surface area contributed by atoms with Gasteiger partial charge in [0.25, 0.3) is 0 Å². The SMILES string of the molecule is CCC(C)(C)c1cc(C(=O)O)n(-c2cccc(OC)c2)n1. The Balaban J connectivity index is 2.59. The van der Waals surface area contributed by atoms with E-state index in [4.69, 9.17) is 4.74 Å². The zero-order valence-corrected chi connectivity index (χ0v) is 12.8. The van der Waals surface area contributed by atoms with Crippen LogP contribution in [-0.4, -0.2) is 28.0 Å². The van der Waals surface area contributed by atoms with Gasteiger partial charge in [-0.05, 0) is 24.6 Å². The number of hydrogen-bond acceptors (Lipinski definition) is 3. The number of aromatic carboxylic acids is 1. The van der Waals surface area contributed by atoms with Gasteiger partial charge in [0.15, 0.2) is 5.69 Å². The molecule has 0 unspecified atom stereocenters. The van der Waals surface area contributed by atoms with Crippen LogP contribution in [0.4, 0.5) is 0 Å². The van der Waals surface area contributed by atoms with Gasteiger partial charge in [-0.1, -0.05) is 26.8 Å². The van der Waals surface area contributed by atoms with Gasteiger partial charge in [-0.2, -0.15) is 5.10 Å². The van der Waals surface area contributed by atoms with Crippen molar-refractivity contribution in [1.82, 2.24) is 9.78 Å². The van der Waals surface area contributed by atoms with Crippen molar-refractivity contribution in [3.8, 4) is 11.4 Å². The van der Waals surface area contributed by atoms with Crippen molar-refractivity contribution >= 4 is 5.97 Å². The molecule has 0 bridgehead atoms. The van der Waals surface area contributed by atoms with E-state index < -0.39 is 5.97 Å². The second kappa shape index (κ2) is 5.60. The Bertz CT molecular complexity index is 659. The number of nitrogens with zero attached hydrogens (tertiary/aromatic N) is 2. The number of methoxy groups -OCH3 is 1. The minimum Gasteiger partial charge on any atom is -0.497 e. The minimum absolute atomic E-state index is 0.153. The van der Waals surface area contributed by atoms with E-state index in [1.165, 1.54) is 4.68 Å². The van der Waals surface area contributed by atoms with Crippen molar-refractivity contribution < 1.29 is 14.6 Å². The molecule has 1 aromatic carbocycles. The Hall–Kier alpha value is -2.30. The normalized spacial score (nSPS) is 11.4. The number of carbonyl (C=O) groups is 1. The van der Waals surface area contributed by atoms with Crippen LogP contribution in [0.2, 0.25) is 0 Å². The fraction of sp³-hybridized carbons (Fsp3) is 0.375. The summed E-state index contributed by atoms with van der Waals surface area (Å²) in [5, 5.41) is 13.9. The molecule has 0 saturated heterocycles. The predicted molar refractivity (Wildman–Crippen MR) is 80.4 cm³/mol. The van der Waals surface area contributed by atoms with Crippen LogP contribution in [-0.2, 0) is 5.41 Å². The lowest BCUT2D eigenvalue weighted by Crippen LogP contribution is -2.16. The molecule has 0 atom stereocenters. The van der Waals surface area contributed by atoms with Crippen LogP contribution in [0.5, 0.6) is 5.75 Å². The minimum atomic E-state index is -0.997. The number of rotatable bonds is 5. The van der Waals surface area contributed by atoms with Gasteiger partial charge in [0.1, 0.15) is 5.75 Å². The van der Waals surface area contributed by atoms with Gasteiger partial charge in [0.2, 0.25) is 0 Å². The second-order valence-electron chi connectivity index (χ2n) is 5.57. The molecule has 1 N–H and O–H groups in total. The first-order valence-corrected chi connectivity index (χ1v) is 6.87. The van der Waals surface area contributed by atoms with Gasteiger partial charge in [-0.3, -0.25) is 0 Å². The molecule has 0 spiro atoms. The van der Waals surface area contributed by atoms with E-state index in [-0.39, 0.29) is 11.1 Å². The van der Waals surface area contributed by atoms with Crippen molar-refractivity contribution in [2.75, 3.05) is 7.11 Å². The maximum atomic E-state index is 11.5. The Kier molecular flexibility index (Phi) is 4.02. The van der Waals surface area contributed by atoms with E-state index in [0.717, 1.165) is 12.1 Å². The Morgan fingerprint density at radius 1 is 1.38 bits per heavy atom. The van der Waals surface area contributed by atoms with Crippen LogP contribution >= 0.6 is 0 Å². The van der Waals surface area contributed by atoms with Crippen LogP contribution in [0.15, 0.2) is 30.3 Å². The highest BCUT2D eigenvalue weighted by Gasteiger charge is 2.25. The van der Waals surface area contributed by atoms with Crippen LogP contribution in [0.3, 0.4) is 0 Å². The van der Waals surface area contributed by atoms with E-state index in [1.54, 1.807) is 19.2 Å². The molecule has 1 aromatic heterocycles. The van der Waals surface area contributed by atoms with Crippen LogP contribution in [0.25, 0.3) is 5.69 Å². The summed E-state index contributed by atoms with van der Waals surface area (Å²) >= 11 is 0. The lowest BCUT2D eigenvalue weighted by molar-refractivity contribution is 0.0687. The monoisotopic (exact) mass is 288 g/mol. The highest BCUT2D eigenvalue weighted by Crippen LogP contribution is 2.28. The number of ether oxygens (including phenoxy) is 1. The first kappa shape index (κ1) is 15.1. The van der Waals surface area contributed by atoms with E-state index >= 15 is 0 Å². The van der Waals surface area contributed by atoms with Crippen molar-refractivity contribution in [2.24, 2.45) is 0 Å². The first-order chi connectivity index (χ1) is 9.89. The summed E-state index contributed by atoms with van der Waals surface area (Å²) in [7, 11) is 1.58. The fourth-order valence-corrected chi connectivity index (χ4v) is 1.98. The Morgan fingerprint density at radius 2 is 2.10 bits per heavy atom. The molecular weight excluding hydrogens is 268 g/mol. The van der Waals surface area contributed by atoms with Crippen molar-refractivity contribution in [1.29, 1.82) is 0 Å². The van der Waals surface area contributed by atoms with Crippen LogP contribution in [0, 0.1) is 0 Å². The van der Waals surface area contributed by atoms with Gasteiger partial charge in [0, 0.05) is 11.5 Å². The summed E-state index contributed by atoms with van der Waals surface area (Å²) in [4.78, 5) is 11.5. The zero-order chi connectivity index (χ0) is 15.6. The smallest absolute Gasteiger partial charge is 0.354 e. The molecule has 0 fully saturated rings. The van der Waals surface area contributed by atoms with E-state index in [2.05, 4.69) is 25.9 Å². The highest BCUT2D eigenvalue weighted by molar-refractivity contribution is 5.86. The number of hydrogen-bond donors (Lipinski definition) is 1. The first-order valence-electron chi connectivity index (χ1n) is 6.87. The largest absolute Gasteiger partial charge is 0.497 e. The molecule has 0 aliphatic carbocycles. The molecule has 5 nitrogen and oxygen atoms in total. The zero-order valence-electron chi connectivity index (χ0n) is 12.8. The maximum absolute atomic E-state index is 11.5. The number of benzene rings is 1. The second-order valence-corrected chi connectivity index (χ2v) is 5.57. The average molecular weight is 288 g/mol. The predicted octanol–water partition coefficient (Wildman–Crippen LogP) is 3.27. The van der Waals surface area contributed by atoms with Gasteiger partial charge >= 0.3 is 5.97 Å². The molecule has 2 aromatic rings. The topological polar surface area (TPSA) is 64.3 Å². The molecule has 0 amide bonds.